The topological polar surface area (TPSA) is 47.9 Å². The van der Waals surface area contributed by atoms with E-state index in [9.17, 15) is 9.50 Å². The summed E-state index contributed by atoms with van der Waals surface area (Å²) in [6.07, 6.45) is -0.883. The summed E-state index contributed by atoms with van der Waals surface area (Å²) in [5.41, 5.74) is 2.27. The zero-order valence-corrected chi connectivity index (χ0v) is 13.7. The Labute approximate surface area is 135 Å². The van der Waals surface area contributed by atoms with Gasteiger partial charge in [0.1, 0.15) is 18.5 Å². The maximum absolute atomic E-state index is 13.2. The monoisotopic (exact) mass is 320 g/mol. The maximum atomic E-state index is 13.2. The van der Waals surface area contributed by atoms with E-state index in [2.05, 4.69) is 0 Å². The fourth-order valence-corrected chi connectivity index (χ4v) is 2.42. The summed E-state index contributed by atoms with van der Waals surface area (Å²) >= 11 is 0. The van der Waals surface area contributed by atoms with E-state index in [4.69, 9.17) is 14.2 Å². The molecule has 2 rings (SSSR count). The van der Waals surface area contributed by atoms with Crippen LogP contribution in [0.3, 0.4) is 0 Å². The van der Waals surface area contributed by atoms with Gasteiger partial charge < -0.3 is 19.3 Å². The van der Waals surface area contributed by atoms with Crippen molar-refractivity contribution in [3.8, 4) is 17.2 Å². The summed E-state index contributed by atoms with van der Waals surface area (Å²) in [7, 11) is 3.09. The summed E-state index contributed by atoms with van der Waals surface area (Å²) < 4.78 is 29.5. The van der Waals surface area contributed by atoms with Crippen LogP contribution in [0.4, 0.5) is 4.39 Å². The van der Waals surface area contributed by atoms with Crippen LogP contribution in [0.1, 0.15) is 22.8 Å². The molecule has 2 aromatic rings. The first-order valence-electron chi connectivity index (χ1n) is 7.25. The van der Waals surface area contributed by atoms with Gasteiger partial charge >= 0.3 is 0 Å². The lowest BCUT2D eigenvalue weighted by molar-refractivity contribution is 0.104. The van der Waals surface area contributed by atoms with Crippen molar-refractivity contribution < 1.29 is 23.7 Å². The first kappa shape index (κ1) is 17.1. The Morgan fingerprint density at radius 1 is 1.04 bits per heavy atom. The Bertz CT molecular complexity index is 660. The van der Waals surface area contributed by atoms with Crippen LogP contribution in [0.25, 0.3) is 0 Å². The van der Waals surface area contributed by atoms with Crippen molar-refractivity contribution in [3.63, 3.8) is 0 Å². The van der Waals surface area contributed by atoms with Crippen molar-refractivity contribution >= 4 is 0 Å². The second kappa shape index (κ2) is 7.33. The quantitative estimate of drug-likeness (QED) is 0.884. The van der Waals surface area contributed by atoms with Gasteiger partial charge in [-0.25, -0.2) is 4.39 Å². The molecule has 0 aliphatic rings. The van der Waals surface area contributed by atoms with Gasteiger partial charge in [0, 0.05) is 0 Å². The molecule has 0 bridgehead atoms. The van der Waals surface area contributed by atoms with Gasteiger partial charge in [0.2, 0.25) is 5.75 Å². The molecule has 1 unspecified atom stereocenters. The summed E-state index contributed by atoms with van der Waals surface area (Å²) in [6, 6.07) is 7.91. The van der Waals surface area contributed by atoms with E-state index in [0.717, 1.165) is 5.56 Å². The van der Waals surface area contributed by atoms with Crippen molar-refractivity contribution in [2.45, 2.75) is 20.0 Å². The second-order valence-corrected chi connectivity index (χ2v) is 5.33. The number of aryl methyl sites for hydroxylation is 2. The first-order valence-corrected chi connectivity index (χ1v) is 7.25. The fourth-order valence-electron chi connectivity index (χ4n) is 2.42. The highest BCUT2D eigenvalue weighted by Crippen LogP contribution is 2.39. The number of hydrogen-bond donors (Lipinski definition) is 1. The maximum Gasteiger partial charge on any atom is 0.203 e. The smallest absolute Gasteiger partial charge is 0.203 e. The molecule has 0 saturated carbocycles. The van der Waals surface area contributed by atoms with Gasteiger partial charge in [0.25, 0.3) is 0 Å². The SMILES string of the molecule is COc1cc(C)cc(OC)c1OCC(O)c1ccc(F)cc1C. The molecule has 0 amide bonds. The predicted octanol–water partition coefficient (Wildman–Crippen LogP) is 3.57. The number of halogens is 1. The molecule has 0 spiro atoms. The van der Waals surface area contributed by atoms with E-state index >= 15 is 0 Å². The zero-order valence-electron chi connectivity index (χ0n) is 13.7. The van der Waals surface area contributed by atoms with Gasteiger partial charge in [-0.15, -0.1) is 0 Å². The second-order valence-electron chi connectivity index (χ2n) is 5.33. The number of aliphatic hydroxyl groups is 1. The van der Waals surface area contributed by atoms with Crippen LogP contribution in [0.5, 0.6) is 17.2 Å². The average molecular weight is 320 g/mol. The van der Waals surface area contributed by atoms with E-state index in [-0.39, 0.29) is 12.4 Å². The van der Waals surface area contributed by atoms with Crippen LogP contribution < -0.4 is 14.2 Å². The predicted molar refractivity (Wildman–Crippen MR) is 85.9 cm³/mol. The average Bonchev–Trinajstić information content (AvgIpc) is 2.52. The summed E-state index contributed by atoms with van der Waals surface area (Å²) in [4.78, 5) is 0. The van der Waals surface area contributed by atoms with Crippen LogP contribution in [-0.4, -0.2) is 25.9 Å². The number of methoxy groups -OCH3 is 2. The van der Waals surface area contributed by atoms with Crippen molar-refractivity contribution in [1.29, 1.82) is 0 Å². The Morgan fingerprint density at radius 2 is 1.65 bits per heavy atom. The minimum absolute atomic E-state index is 0.00224. The zero-order chi connectivity index (χ0) is 17.0. The van der Waals surface area contributed by atoms with E-state index in [0.29, 0.717) is 28.4 Å². The normalized spacial score (nSPS) is 11.9. The molecular weight excluding hydrogens is 299 g/mol. The highest BCUT2D eigenvalue weighted by atomic mass is 19.1. The van der Waals surface area contributed by atoms with Crippen LogP contribution in [0.15, 0.2) is 30.3 Å². The summed E-state index contributed by atoms with van der Waals surface area (Å²) in [5, 5.41) is 10.3. The van der Waals surface area contributed by atoms with Crippen LogP contribution >= 0.6 is 0 Å². The Balaban J connectivity index is 2.20. The molecule has 0 radical (unpaired) electrons. The van der Waals surface area contributed by atoms with E-state index in [1.807, 2.05) is 19.1 Å². The molecule has 5 heteroatoms. The summed E-state index contributed by atoms with van der Waals surface area (Å²) in [5.74, 6) is 1.16. The first-order chi connectivity index (χ1) is 11.0. The third-order valence-electron chi connectivity index (χ3n) is 3.58. The highest BCUT2D eigenvalue weighted by molar-refractivity contribution is 5.53. The lowest BCUT2D eigenvalue weighted by atomic mass is 10.0. The van der Waals surface area contributed by atoms with Crippen molar-refractivity contribution in [2.24, 2.45) is 0 Å². The van der Waals surface area contributed by atoms with E-state index in [1.54, 1.807) is 27.2 Å². The molecule has 1 N–H and O–H groups in total. The minimum atomic E-state index is -0.883. The molecule has 0 saturated heterocycles. The summed E-state index contributed by atoms with van der Waals surface area (Å²) in [6.45, 7) is 3.67. The van der Waals surface area contributed by atoms with Gasteiger partial charge in [-0.3, -0.25) is 0 Å². The number of aliphatic hydroxyl groups excluding tert-OH is 1. The minimum Gasteiger partial charge on any atom is -0.493 e. The van der Waals surface area contributed by atoms with E-state index < -0.39 is 6.10 Å². The van der Waals surface area contributed by atoms with Gasteiger partial charge in [0.15, 0.2) is 11.5 Å². The number of rotatable bonds is 6. The molecule has 124 valence electrons. The molecule has 0 aliphatic carbocycles. The molecule has 23 heavy (non-hydrogen) atoms. The van der Waals surface area contributed by atoms with Crippen LogP contribution in [-0.2, 0) is 0 Å². The molecular formula is C18H21FO4. The molecule has 0 fully saturated rings. The van der Waals surface area contributed by atoms with Crippen LogP contribution in [0.2, 0.25) is 0 Å². The number of ether oxygens (including phenoxy) is 3. The molecule has 0 heterocycles. The lowest BCUT2D eigenvalue weighted by Gasteiger charge is -2.18. The van der Waals surface area contributed by atoms with Crippen molar-refractivity contribution in [3.05, 3.63) is 52.8 Å². The number of benzene rings is 2. The highest BCUT2D eigenvalue weighted by Gasteiger charge is 2.17. The van der Waals surface area contributed by atoms with Crippen molar-refractivity contribution in [2.75, 3.05) is 20.8 Å². The molecule has 0 aliphatic heterocycles. The molecule has 4 nitrogen and oxygen atoms in total. The Hall–Kier alpha value is -2.27. The van der Waals surface area contributed by atoms with Gasteiger partial charge in [-0.2, -0.15) is 0 Å². The molecule has 1 atom stereocenters. The number of hydrogen-bond acceptors (Lipinski definition) is 4. The van der Waals surface area contributed by atoms with Gasteiger partial charge in [-0.1, -0.05) is 6.07 Å². The Kier molecular flexibility index (Phi) is 5.45. The van der Waals surface area contributed by atoms with E-state index in [1.165, 1.54) is 12.1 Å². The Morgan fingerprint density at radius 3 is 2.17 bits per heavy atom. The van der Waals surface area contributed by atoms with Crippen molar-refractivity contribution in [1.82, 2.24) is 0 Å². The van der Waals surface area contributed by atoms with Crippen LogP contribution in [0, 0.1) is 19.7 Å². The van der Waals surface area contributed by atoms with Gasteiger partial charge in [-0.05, 0) is 54.8 Å². The standard InChI is InChI=1S/C18H21FO4/c1-11-7-16(21-3)18(17(8-11)22-4)23-10-15(20)14-6-5-13(19)9-12(14)2/h5-9,15,20H,10H2,1-4H3. The molecule has 2 aromatic carbocycles. The fraction of sp³-hybridized carbons (Fsp3) is 0.333. The third kappa shape index (κ3) is 3.93. The van der Waals surface area contributed by atoms with Gasteiger partial charge in [0.05, 0.1) is 14.2 Å². The largest absolute Gasteiger partial charge is 0.493 e. The third-order valence-corrected chi connectivity index (χ3v) is 3.58. The molecule has 0 aromatic heterocycles. The lowest BCUT2D eigenvalue weighted by Crippen LogP contribution is -2.12.